The molecule has 0 saturated carbocycles. The summed E-state index contributed by atoms with van der Waals surface area (Å²) < 4.78 is 45.4. The summed E-state index contributed by atoms with van der Waals surface area (Å²) in [5, 5.41) is 7.59. The monoisotopic (exact) mass is 400 g/mol. The molecule has 1 N–H and O–H groups in total. The smallest absolute Gasteiger partial charge is 0.416 e. The summed E-state index contributed by atoms with van der Waals surface area (Å²) in [5.74, 6) is 0.132. The van der Waals surface area contributed by atoms with Gasteiger partial charge in [0.15, 0.2) is 5.65 Å². The molecule has 3 aromatic heterocycles. The van der Waals surface area contributed by atoms with E-state index < -0.39 is 17.6 Å². The van der Waals surface area contributed by atoms with Crippen LogP contribution in [0.2, 0.25) is 0 Å². The zero-order valence-corrected chi connectivity index (χ0v) is 15.2. The fourth-order valence-electron chi connectivity index (χ4n) is 3.14. The van der Waals surface area contributed by atoms with E-state index in [1.165, 1.54) is 16.8 Å². The Balaban J connectivity index is 1.60. The molecule has 0 unspecified atom stereocenters. The van der Waals surface area contributed by atoms with Gasteiger partial charge in [0.2, 0.25) is 5.91 Å². The fraction of sp³-hybridized carbons (Fsp3) is 0.150. The number of alkyl halides is 3. The number of benzene rings is 1. The number of rotatable bonds is 4. The summed E-state index contributed by atoms with van der Waals surface area (Å²) in [7, 11) is 0. The van der Waals surface area contributed by atoms with E-state index >= 15 is 0 Å². The zero-order valence-electron chi connectivity index (χ0n) is 15.2. The number of furan rings is 1. The van der Waals surface area contributed by atoms with Crippen molar-refractivity contribution in [2.24, 2.45) is 0 Å². The lowest BCUT2D eigenvalue weighted by Crippen LogP contribution is -2.20. The third kappa shape index (κ3) is 3.71. The minimum absolute atomic E-state index is 0.0576. The molecule has 0 aliphatic carbocycles. The maximum atomic E-state index is 12.8. The second kappa shape index (κ2) is 7.08. The first-order valence-corrected chi connectivity index (χ1v) is 8.66. The number of hydrogen-bond acceptors (Lipinski definition) is 4. The van der Waals surface area contributed by atoms with Crippen LogP contribution in [0.5, 0.6) is 0 Å². The number of pyridine rings is 1. The number of carbonyl (C=O) groups is 1. The van der Waals surface area contributed by atoms with Gasteiger partial charge in [-0.3, -0.25) is 4.79 Å². The van der Waals surface area contributed by atoms with Crippen molar-refractivity contribution in [3.8, 4) is 11.3 Å². The summed E-state index contributed by atoms with van der Waals surface area (Å²) in [6.45, 7) is 1.59. The highest BCUT2D eigenvalue weighted by Gasteiger charge is 2.30. The third-order valence-electron chi connectivity index (χ3n) is 4.36. The first kappa shape index (κ1) is 18.7. The molecule has 4 aromatic rings. The van der Waals surface area contributed by atoms with E-state index in [2.05, 4.69) is 15.4 Å². The molecule has 0 saturated heterocycles. The van der Waals surface area contributed by atoms with Crippen LogP contribution >= 0.6 is 0 Å². The molecule has 0 atom stereocenters. The Kier molecular flexibility index (Phi) is 4.57. The van der Waals surface area contributed by atoms with Crippen LogP contribution in [0.15, 0.2) is 59.3 Å². The number of aryl methyl sites for hydroxylation is 1. The first-order chi connectivity index (χ1) is 13.8. The highest BCUT2D eigenvalue weighted by Crippen LogP contribution is 2.31. The van der Waals surface area contributed by atoms with Gasteiger partial charge in [0.05, 0.1) is 22.9 Å². The molecule has 0 aliphatic rings. The lowest BCUT2D eigenvalue weighted by atomic mass is 10.1. The van der Waals surface area contributed by atoms with E-state index in [1.807, 2.05) is 6.07 Å². The Bertz CT molecular complexity index is 1180. The first-order valence-electron chi connectivity index (χ1n) is 8.66. The molecule has 4 rings (SSSR count). The van der Waals surface area contributed by atoms with Gasteiger partial charge < -0.3 is 9.73 Å². The third-order valence-corrected chi connectivity index (χ3v) is 4.36. The van der Waals surface area contributed by atoms with E-state index in [0.717, 1.165) is 23.1 Å². The number of anilines is 1. The average Bonchev–Trinajstić information content (AvgIpc) is 3.30. The Morgan fingerprint density at radius 2 is 2.03 bits per heavy atom. The van der Waals surface area contributed by atoms with Gasteiger partial charge in [-0.15, -0.1) is 0 Å². The van der Waals surface area contributed by atoms with E-state index in [9.17, 15) is 18.0 Å². The molecule has 0 fully saturated rings. The molecule has 3 heterocycles. The maximum absolute atomic E-state index is 12.8. The molecule has 148 valence electrons. The number of nitrogens with zero attached hydrogens (tertiary/aromatic N) is 3. The standard InChI is InChI=1S/C20H15F3N4O2/c1-12-18-15(16-6-3-9-29-16)7-8-24-19(18)27(26-12)11-17(28)25-14-5-2-4-13(10-14)20(21,22)23/h2-10H,11H2,1H3,(H,25,28). The number of halogens is 3. The summed E-state index contributed by atoms with van der Waals surface area (Å²) in [5.41, 5.74) is 1.16. The fourth-order valence-corrected chi connectivity index (χ4v) is 3.14. The summed E-state index contributed by atoms with van der Waals surface area (Å²) in [6, 6.07) is 9.84. The van der Waals surface area contributed by atoms with Crippen LogP contribution in [0.4, 0.5) is 18.9 Å². The van der Waals surface area contributed by atoms with Crippen LogP contribution in [-0.4, -0.2) is 20.7 Å². The van der Waals surface area contributed by atoms with Crippen molar-refractivity contribution in [2.45, 2.75) is 19.6 Å². The van der Waals surface area contributed by atoms with Crippen molar-refractivity contribution >= 4 is 22.6 Å². The van der Waals surface area contributed by atoms with Gasteiger partial charge in [0.25, 0.3) is 0 Å². The number of carbonyl (C=O) groups excluding carboxylic acids is 1. The minimum atomic E-state index is -4.48. The molecule has 29 heavy (non-hydrogen) atoms. The Morgan fingerprint density at radius 1 is 1.21 bits per heavy atom. The minimum Gasteiger partial charge on any atom is -0.464 e. The van der Waals surface area contributed by atoms with Crippen LogP contribution in [-0.2, 0) is 17.5 Å². The Hall–Kier alpha value is -3.62. The second-order valence-electron chi connectivity index (χ2n) is 6.40. The predicted molar refractivity (Wildman–Crippen MR) is 100 cm³/mol. The quantitative estimate of drug-likeness (QED) is 0.541. The van der Waals surface area contributed by atoms with Gasteiger partial charge in [-0.1, -0.05) is 6.07 Å². The van der Waals surface area contributed by atoms with Gasteiger partial charge in [-0.2, -0.15) is 18.3 Å². The van der Waals surface area contributed by atoms with Crippen LogP contribution in [0, 0.1) is 6.92 Å². The SMILES string of the molecule is Cc1nn(CC(=O)Nc2cccc(C(F)(F)F)c2)c2nccc(-c3ccco3)c12. The van der Waals surface area contributed by atoms with E-state index in [0.29, 0.717) is 17.1 Å². The van der Waals surface area contributed by atoms with Gasteiger partial charge in [-0.05, 0) is 43.3 Å². The summed E-state index contributed by atoms with van der Waals surface area (Å²) >= 11 is 0. The van der Waals surface area contributed by atoms with E-state index in [1.54, 1.807) is 31.5 Å². The lowest BCUT2D eigenvalue weighted by molar-refractivity contribution is -0.137. The highest BCUT2D eigenvalue weighted by atomic mass is 19.4. The maximum Gasteiger partial charge on any atom is 0.416 e. The van der Waals surface area contributed by atoms with Gasteiger partial charge in [0.1, 0.15) is 12.3 Å². The predicted octanol–water partition coefficient (Wildman–Crippen LogP) is 4.66. The molecule has 0 radical (unpaired) electrons. The van der Waals surface area contributed by atoms with Gasteiger partial charge >= 0.3 is 6.18 Å². The average molecular weight is 400 g/mol. The zero-order chi connectivity index (χ0) is 20.6. The van der Waals surface area contributed by atoms with E-state index in [-0.39, 0.29) is 12.2 Å². The van der Waals surface area contributed by atoms with Gasteiger partial charge in [-0.25, -0.2) is 9.67 Å². The number of nitrogens with one attached hydrogen (secondary N) is 1. The molecule has 6 nitrogen and oxygen atoms in total. The van der Waals surface area contributed by atoms with Crippen LogP contribution in [0.3, 0.4) is 0 Å². The molecule has 0 spiro atoms. The number of fused-ring (bicyclic) bond motifs is 1. The van der Waals surface area contributed by atoms with Crippen molar-refractivity contribution in [3.63, 3.8) is 0 Å². The molecule has 0 aliphatic heterocycles. The summed E-state index contributed by atoms with van der Waals surface area (Å²) in [6.07, 6.45) is -1.34. The Morgan fingerprint density at radius 3 is 2.76 bits per heavy atom. The molecule has 0 bridgehead atoms. The van der Waals surface area contributed by atoms with E-state index in [4.69, 9.17) is 4.42 Å². The van der Waals surface area contributed by atoms with Crippen LogP contribution in [0.25, 0.3) is 22.4 Å². The number of hydrogen-bond donors (Lipinski definition) is 1. The molecule has 9 heteroatoms. The molecule has 1 amide bonds. The number of amides is 1. The molecule has 1 aromatic carbocycles. The van der Waals surface area contributed by atoms with Gasteiger partial charge in [0, 0.05) is 17.4 Å². The van der Waals surface area contributed by atoms with Crippen molar-refractivity contribution in [3.05, 3.63) is 66.2 Å². The molecular formula is C20H15F3N4O2. The van der Waals surface area contributed by atoms with Crippen molar-refractivity contribution in [2.75, 3.05) is 5.32 Å². The van der Waals surface area contributed by atoms with Crippen molar-refractivity contribution in [1.29, 1.82) is 0 Å². The molecular weight excluding hydrogens is 385 g/mol. The van der Waals surface area contributed by atoms with Crippen molar-refractivity contribution < 1.29 is 22.4 Å². The second-order valence-corrected chi connectivity index (χ2v) is 6.40. The normalized spacial score (nSPS) is 11.7. The van der Waals surface area contributed by atoms with Crippen molar-refractivity contribution in [1.82, 2.24) is 14.8 Å². The van der Waals surface area contributed by atoms with Crippen LogP contribution < -0.4 is 5.32 Å². The number of aromatic nitrogens is 3. The lowest BCUT2D eigenvalue weighted by Gasteiger charge is -2.10. The summed E-state index contributed by atoms with van der Waals surface area (Å²) in [4.78, 5) is 16.7. The highest BCUT2D eigenvalue weighted by molar-refractivity contribution is 5.95. The largest absolute Gasteiger partial charge is 0.464 e. The Labute approximate surface area is 163 Å². The van der Waals surface area contributed by atoms with Crippen LogP contribution in [0.1, 0.15) is 11.3 Å². The topological polar surface area (TPSA) is 73.0 Å².